The molecule has 0 aliphatic heterocycles. The Morgan fingerprint density at radius 2 is 2.16 bits per heavy atom. The topological polar surface area (TPSA) is 62.2 Å². The molecule has 5 heteroatoms. The van der Waals surface area contributed by atoms with E-state index in [1.165, 1.54) is 24.2 Å². The monoisotopic (exact) mass is 280 g/mol. The van der Waals surface area contributed by atoms with Crippen molar-refractivity contribution >= 4 is 17.2 Å². The molecule has 1 aromatic heterocycles. The largest absolute Gasteiger partial charge is 0.391 e. The zero-order chi connectivity index (χ0) is 13.2. The van der Waals surface area contributed by atoms with Gasteiger partial charge >= 0.3 is 0 Å². The third-order valence-corrected chi connectivity index (χ3v) is 5.02. The summed E-state index contributed by atoms with van der Waals surface area (Å²) in [5.41, 5.74) is 2.70. The smallest absolute Gasteiger partial charge is 0.263 e. The van der Waals surface area contributed by atoms with Gasteiger partial charge in [-0.15, -0.1) is 11.3 Å². The number of rotatable bonds is 5. The number of hydrogen-bond acceptors (Lipinski definition) is 4. The summed E-state index contributed by atoms with van der Waals surface area (Å²) in [6, 6.07) is 0. The maximum Gasteiger partial charge on any atom is 0.263 e. The Hall–Kier alpha value is -0.940. The summed E-state index contributed by atoms with van der Waals surface area (Å²) in [6.45, 7) is 0.367. The van der Waals surface area contributed by atoms with E-state index in [9.17, 15) is 9.90 Å². The van der Waals surface area contributed by atoms with Gasteiger partial charge in [-0.05, 0) is 31.6 Å². The Morgan fingerprint density at radius 3 is 2.84 bits per heavy atom. The zero-order valence-electron chi connectivity index (χ0n) is 11.0. The SMILES string of the molecule is O=C(NCC(O)C1CCCC1)c1scnc1C1CC1. The third kappa shape index (κ3) is 2.98. The third-order valence-electron chi connectivity index (χ3n) is 4.18. The van der Waals surface area contributed by atoms with Crippen LogP contribution in [0.1, 0.15) is 59.8 Å². The summed E-state index contributed by atoms with van der Waals surface area (Å²) in [5, 5.41) is 12.9. The molecule has 1 unspecified atom stereocenters. The van der Waals surface area contributed by atoms with E-state index < -0.39 is 6.10 Å². The highest BCUT2D eigenvalue weighted by atomic mass is 32.1. The van der Waals surface area contributed by atoms with Gasteiger partial charge in [0.15, 0.2) is 0 Å². The van der Waals surface area contributed by atoms with E-state index in [4.69, 9.17) is 0 Å². The molecule has 2 N–H and O–H groups in total. The maximum atomic E-state index is 12.1. The molecule has 19 heavy (non-hydrogen) atoms. The fourth-order valence-corrected chi connectivity index (χ4v) is 3.65. The fourth-order valence-electron chi connectivity index (χ4n) is 2.86. The van der Waals surface area contributed by atoms with Crippen molar-refractivity contribution in [2.24, 2.45) is 5.92 Å². The molecule has 2 aliphatic rings. The average molecular weight is 280 g/mol. The van der Waals surface area contributed by atoms with Crippen LogP contribution in [0.5, 0.6) is 0 Å². The quantitative estimate of drug-likeness (QED) is 0.870. The van der Waals surface area contributed by atoms with Crippen molar-refractivity contribution in [2.45, 2.75) is 50.5 Å². The molecule has 1 atom stereocenters. The van der Waals surface area contributed by atoms with Crippen LogP contribution >= 0.6 is 11.3 Å². The number of carbonyl (C=O) groups excluding carboxylic acids is 1. The van der Waals surface area contributed by atoms with Gasteiger partial charge in [0.1, 0.15) is 4.88 Å². The van der Waals surface area contributed by atoms with Crippen molar-refractivity contribution in [3.63, 3.8) is 0 Å². The van der Waals surface area contributed by atoms with Crippen LogP contribution in [0.2, 0.25) is 0 Å². The second-order valence-corrected chi connectivity index (χ2v) is 6.52. The van der Waals surface area contributed by atoms with Gasteiger partial charge in [0.2, 0.25) is 0 Å². The lowest BCUT2D eigenvalue weighted by atomic mass is 10.0. The van der Waals surface area contributed by atoms with Crippen molar-refractivity contribution in [2.75, 3.05) is 6.54 Å². The number of nitrogens with zero attached hydrogens (tertiary/aromatic N) is 1. The minimum Gasteiger partial charge on any atom is -0.391 e. The van der Waals surface area contributed by atoms with E-state index in [1.54, 1.807) is 5.51 Å². The molecule has 104 valence electrons. The molecule has 3 rings (SSSR count). The van der Waals surface area contributed by atoms with E-state index in [0.29, 0.717) is 18.4 Å². The Kier molecular flexibility index (Phi) is 3.84. The molecule has 0 spiro atoms. The summed E-state index contributed by atoms with van der Waals surface area (Å²) >= 11 is 1.41. The van der Waals surface area contributed by atoms with Crippen LogP contribution in [0.4, 0.5) is 0 Å². The standard InChI is InChI=1S/C14H20N2O2S/c17-11(9-3-1-2-4-9)7-15-14(18)13-12(10-5-6-10)16-8-19-13/h8-11,17H,1-7H2,(H,15,18). The van der Waals surface area contributed by atoms with Crippen LogP contribution in [0.15, 0.2) is 5.51 Å². The van der Waals surface area contributed by atoms with Gasteiger partial charge in [-0.2, -0.15) is 0 Å². The van der Waals surface area contributed by atoms with Gasteiger partial charge < -0.3 is 10.4 Å². The predicted octanol–water partition coefficient (Wildman–Crippen LogP) is 2.30. The highest BCUT2D eigenvalue weighted by Crippen LogP contribution is 2.41. The highest BCUT2D eigenvalue weighted by molar-refractivity contribution is 7.11. The molecule has 0 saturated heterocycles. The lowest BCUT2D eigenvalue weighted by Gasteiger charge is -2.17. The first kappa shape index (κ1) is 13.1. The average Bonchev–Trinajstić information content (AvgIpc) is 2.96. The van der Waals surface area contributed by atoms with Gasteiger partial charge in [-0.25, -0.2) is 4.98 Å². The number of nitrogens with one attached hydrogen (secondary N) is 1. The van der Waals surface area contributed by atoms with Crippen LogP contribution in [0.25, 0.3) is 0 Å². The molecule has 1 aromatic rings. The number of aliphatic hydroxyl groups is 1. The van der Waals surface area contributed by atoms with E-state index in [-0.39, 0.29) is 5.91 Å². The molecule has 2 saturated carbocycles. The Bertz CT molecular complexity index is 450. The Balaban J connectivity index is 1.54. The minimum atomic E-state index is -0.399. The lowest BCUT2D eigenvalue weighted by molar-refractivity contribution is 0.0843. The number of hydrogen-bond donors (Lipinski definition) is 2. The lowest BCUT2D eigenvalue weighted by Crippen LogP contribution is -2.35. The molecule has 0 aromatic carbocycles. The van der Waals surface area contributed by atoms with Gasteiger partial charge in [0.25, 0.3) is 5.91 Å². The molecule has 0 radical (unpaired) electrons. The van der Waals surface area contributed by atoms with Crippen molar-refractivity contribution < 1.29 is 9.90 Å². The van der Waals surface area contributed by atoms with E-state index in [1.807, 2.05) is 0 Å². The molecular formula is C14H20N2O2S. The minimum absolute atomic E-state index is 0.0681. The first-order valence-corrected chi connectivity index (χ1v) is 8.03. The van der Waals surface area contributed by atoms with Gasteiger partial charge in [-0.1, -0.05) is 12.8 Å². The van der Waals surface area contributed by atoms with Crippen LogP contribution in [0.3, 0.4) is 0 Å². The first-order chi connectivity index (χ1) is 9.25. The van der Waals surface area contributed by atoms with Crippen LogP contribution in [-0.2, 0) is 0 Å². The van der Waals surface area contributed by atoms with Crippen molar-refractivity contribution in [1.29, 1.82) is 0 Å². The summed E-state index contributed by atoms with van der Waals surface area (Å²) in [4.78, 5) is 17.2. The van der Waals surface area contributed by atoms with Gasteiger partial charge in [0, 0.05) is 12.5 Å². The van der Waals surface area contributed by atoms with E-state index in [0.717, 1.165) is 36.3 Å². The Labute approximate surface area is 117 Å². The van der Waals surface area contributed by atoms with Crippen LogP contribution in [0, 0.1) is 5.92 Å². The summed E-state index contributed by atoms with van der Waals surface area (Å²) in [6.07, 6.45) is 6.48. The second kappa shape index (κ2) is 5.59. The normalized spacial score (nSPS) is 21.5. The summed E-state index contributed by atoms with van der Waals surface area (Å²) < 4.78 is 0. The molecule has 2 aliphatic carbocycles. The summed E-state index contributed by atoms with van der Waals surface area (Å²) in [7, 11) is 0. The zero-order valence-corrected chi connectivity index (χ0v) is 11.8. The molecule has 1 amide bonds. The van der Waals surface area contributed by atoms with Gasteiger partial charge in [0.05, 0.1) is 17.3 Å². The van der Waals surface area contributed by atoms with Crippen molar-refractivity contribution in [3.05, 3.63) is 16.1 Å². The fraction of sp³-hybridized carbons (Fsp3) is 0.714. The number of amides is 1. The number of carbonyl (C=O) groups is 1. The highest BCUT2D eigenvalue weighted by Gasteiger charge is 2.31. The van der Waals surface area contributed by atoms with Crippen LogP contribution in [-0.4, -0.2) is 28.6 Å². The molecule has 1 heterocycles. The summed E-state index contributed by atoms with van der Waals surface area (Å²) in [5.74, 6) is 0.790. The van der Waals surface area contributed by atoms with E-state index >= 15 is 0 Å². The van der Waals surface area contributed by atoms with Crippen molar-refractivity contribution in [1.82, 2.24) is 10.3 Å². The second-order valence-electron chi connectivity index (χ2n) is 5.66. The first-order valence-electron chi connectivity index (χ1n) is 7.15. The van der Waals surface area contributed by atoms with Crippen LogP contribution < -0.4 is 5.32 Å². The van der Waals surface area contributed by atoms with Gasteiger partial charge in [-0.3, -0.25) is 4.79 Å². The number of aromatic nitrogens is 1. The molecular weight excluding hydrogens is 260 g/mol. The van der Waals surface area contributed by atoms with E-state index in [2.05, 4.69) is 10.3 Å². The molecule has 4 nitrogen and oxygen atoms in total. The predicted molar refractivity (Wildman–Crippen MR) is 74.4 cm³/mol. The number of thiazole rings is 1. The number of aliphatic hydroxyl groups excluding tert-OH is 1. The maximum absolute atomic E-state index is 12.1. The van der Waals surface area contributed by atoms with Crippen molar-refractivity contribution in [3.8, 4) is 0 Å². The molecule has 2 fully saturated rings. The molecule has 0 bridgehead atoms. The Morgan fingerprint density at radius 1 is 1.42 bits per heavy atom.